The number of anilines is 1. The summed E-state index contributed by atoms with van der Waals surface area (Å²) in [7, 11) is 0. The van der Waals surface area contributed by atoms with Crippen LogP contribution in [0.5, 0.6) is 0 Å². The number of carbonyl (C=O) groups excluding carboxylic acids is 1. The van der Waals surface area contributed by atoms with Crippen LogP contribution in [0.25, 0.3) is 0 Å². The molecule has 6 heteroatoms. The Balaban J connectivity index is 1.58. The molecule has 104 valence electrons. The number of aromatic amines is 1. The van der Waals surface area contributed by atoms with Gasteiger partial charge >= 0.3 is 0 Å². The summed E-state index contributed by atoms with van der Waals surface area (Å²) in [5.74, 6) is 1.59. The van der Waals surface area contributed by atoms with Crippen molar-refractivity contribution in [2.75, 3.05) is 5.32 Å². The Kier molecular flexibility index (Phi) is 3.45. The minimum atomic E-state index is -0.130. The second kappa shape index (κ2) is 5.40. The molecule has 0 saturated heterocycles. The summed E-state index contributed by atoms with van der Waals surface area (Å²) >= 11 is 0. The predicted molar refractivity (Wildman–Crippen MR) is 74.3 cm³/mol. The van der Waals surface area contributed by atoms with Gasteiger partial charge in [0, 0.05) is 17.8 Å². The Morgan fingerprint density at radius 1 is 1.45 bits per heavy atom. The highest BCUT2D eigenvalue weighted by Gasteiger charge is 2.23. The Morgan fingerprint density at radius 2 is 2.30 bits per heavy atom. The van der Waals surface area contributed by atoms with E-state index in [1.807, 2.05) is 19.1 Å². The third kappa shape index (κ3) is 2.84. The van der Waals surface area contributed by atoms with E-state index in [9.17, 15) is 4.79 Å². The van der Waals surface area contributed by atoms with Gasteiger partial charge in [-0.15, -0.1) is 5.10 Å². The third-order valence-electron chi connectivity index (χ3n) is 3.58. The number of aromatic nitrogens is 4. The maximum atomic E-state index is 11.9. The summed E-state index contributed by atoms with van der Waals surface area (Å²) in [5, 5.41) is 9.64. The van der Waals surface area contributed by atoms with Crippen LogP contribution < -0.4 is 5.32 Å². The largest absolute Gasteiger partial charge is 0.293 e. The average Bonchev–Trinajstić information content (AvgIpc) is 2.78. The highest BCUT2D eigenvalue weighted by atomic mass is 16.1. The number of hydrogen-bond acceptors (Lipinski definition) is 4. The Labute approximate surface area is 117 Å². The fourth-order valence-corrected chi connectivity index (χ4v) is 2.15. The van der Waals surface area contributed by atoms with Crippen molar-refractivity contribution in [1.82, 2.24) is 20.2 Å². The molecule has 0 radical (unpaired) electrons. The summed E-state index contributed by atoms with van der Waals surface area (Å²) in [6.07, 6.45) is 5.54. The smallest absolute Gasteiger partial charge is 0.248 e. The Hall–Kier alpha value is -2.24. The molecular formula is C14H17N5O. The van der Waals surface area contributed by atoms with Crippen molar-refractivity contribution in [3.63, 3.8) is 0 Å². The van der Waals surface area contributed by atoms with Gasteiger partial charge in [-0.25, -0.2) is 0 Å². The number of nitrogens with zero attached hydrogens (tertiary/aromatic N) is 3. The van der Waals surface area contributed by atoms with Gasteiger partial charge in [-0.05, 0) is 31.4 Å². The molecule has 0 aliphatic heterocycles. The van der Waals surface area contributed by atoms with Crippen LogP contribution in [0.2, 0.25) is 0 Å². The van der Waals surface area contributed by atoms with E-state index in [2.05, 4.69) is 25.5 Å². The van der Waals surface area contributed by atoms with Crippen molar-refractivity contribution >= 4 is 11.9 Å². The monoisotopic (exact) mass is 271 g/mol. The van der Waals surface area contributed by atoms with Crippen molar-refractivity contribution in [1.29, 1.82) is 0 Å². The van der Waals surface area contributed by atoms with Gasteiger partial charge in [-0.3, -0.25) is 20.2 Å². The molecule has 1 amide bonds. The first-order valence-corrected chi connectivity index (χ1v) is 6.84. The van der Waals surface area contributed by atoms with Crippen LogP contribution in [0.3, 0.4) is 0 Å². The van der Waals surface area contributed by atoms with Crippen LogP contribution in [0, 0.1) is 6.92 Å². The zero-order valence-electron chi connectivity index (χ0n) is 11.4. The molecule has 1 aliphatic carbocycles. The molecule has 2 N–H and O–H groups in total. The molecule has 0 aromatic carbocycles. The molecule has 1 aliphatic rings. The van der Waals surface area contributed by atoms with Gasteiger partial charge in [0.1, 0.15) is 5.82 Å². The quantitative estimate of drug-likeness (QED) is 0.890. The lowest BCUT2D eigenvalue weighted by Crippen LogP contribution is -2.16. The van der Waals surface area contributed by atoms with Crippen molar-refractivity contribution in [3.8, 4) is 0 Å². The van der Waals surface area contributed by atoms with E-state index < -0.39 is 0 Å². The summed E-state index contributed by atoms with van der Waals surface area (Å²) in [6, 6.07) is 3.80. The highest BCUT2D eigenvalue weighted by molar-refractivity contribution is 5.90. The lowest BCUT2D eigenvalue weighted by Gasteiger charge is -2.22. The predicted octanol–water partition coefficient (Wildman–Crippen LogP) is 1.96. The minimum Gasteiger partial charge on any atom is -0.293 e. The van der Waals surface area contributed by atoms with E-state index in [4.69, 9.17) is 0 Å². The lowest BCUT2D eigenvalue weighted by atomic mass is 9.85. The summed E-state index contributed by atoms with van der Waals surface area (Å²) in [4.78, 5) is 20.4. The molecule has 0 unspecified atom stereocenters. The van der Waals surface area contributed by atoms with Gasteiger partial charge in [0.2, 0.25) is 11.9 Å². The Bertz CT molecular complexity index is 600. The molecule has 2 aromatic heterocycles. The van der Waals surface area contributed by atoms with E-state index in [0.29, 0.717) is 11.9 Å². The number of aryl methyl sites for hydroxylation is 1. The minimum absolute atomic E-state index is 0.130. The fraction of sp³-hybridized carbons (Fsp3) is 0.429. The molecule has 0 bridgehead atoms. The first kappa shape index (κ1) is 12.8. The maximum absolute atomic E-state index is 11.9. The molecule has 3 rings (SSSR count). The van der Waals surface area contributed by atoms with Crippen molar-refractivity contribution in [3.05, 3.63) is 35.4 Å². The highest BCUT2D eigenvalue weighted by Crippen LogP contribution is 2.34. The lowest BCUT2D eigenvalue weighted by molar-refractivity contribution is -0.115. The first-order chi connectivity index (χ1) is 9.70. The van der Waals surface area contributed by atoms with Gasteiger partial charge in [0.05, 0.1) is 6.42 Å². The number of hydrogen-bond donors (Lipinski definition) is 2. The second-order valence-corrected chi connectivity index (χ2v) is 5.20. The molecule has 0 atom stereocenters. The van der Waals surface area contributed by atoms with Crippen LogP contribution >= 0.6 is 0 Å². The second-order valence-electron chi connectivity index (χ2n) is 5.20. The molecule has 2 aromatic rings. The van der Waals surface area contributed by atoms with Gasteiger partial charge in [-0.2, -0.15) is 4.98 Å². The van der Waals surface area contributed by atoms with Gasteiger partial charge in [0.15, 0.2) is 0 Å². The molecule has 20 heavy (non-hydrogen) atoms. The van der Waals surface area contributed by atoms with Gasteiger partial charge in [0.25, 0.3) is 0 Å². The van der Waals surface area contributed by atoms with Crippen LogP contribution in [0.4, 0.5) is 5.95 Å². The van der Waals surface area contributed by atoms with Crippen molar-refractivity contribution in [2.24, 2.45) is 0 Å². The number of rotatable bonds is 4. The van der Waals surface area contributed by atoms with Crippen LogP contribution in [-0.2, 0) is 11.2 Å². The van der Waals surface area contributed by atoms with E-state index >= 15 is 0 Å². The van der Waals surface area contributed by atoms with E-state index in [1.54, 1.807) is 6.20 Å². The first-order valence-electron chi connectivity index (χ1n) is 6.84. The van der Waals surface area contributed by atoms with Gasteiger partial charge in [-0.1, -0.05) is 12.5 Å². The standard InChI is InChI=1S/C14H17N5O/c1-9-5-6-10(8-15-9)7-12(20)16-14-17-13(18-19-14)11-3-2-4-11/h5-6,8,11H,2-4,7H2,1H3,(H2,16,17,18,19,20). The van der Waals surface area contributed by atoms with Gasteiger partial charge < -0.3 is 0 Å². The number of carbonyl (C=O) groups is 1. The molecule has 0 spiro atoms. The number of nitrogens with one attached hydrogen (secondary N) is 2. The number of H-pyrrole nitrogens is 1. The zero-order chi connectivity index (χ0) is 13.9. The Morgan fingerprint density at radius 3 is 2.95 bits per heavy atom. The third-order valence-corrected chi connectivity index (χ3v) is 3.58. The maximum Gasteiger partial charge on any atom is 0.248 e. The molecule has 1 fully saturated rings. The summed E-state index contributed by atoms with van der Waals surface area (Å²) in [5.41, 5.74) is 1.82. The SMILES string of the molecule is Cc1ccc(CC(=O)Nc2n[nH]c(C3CCC3)n2)cn1. The average molecular weight is 271 g/mol. The summed E-state index contributed by atoms with van der Waals surface area (Å²) in [6.45, 7) is 1.92. The topological polar surface area (TPSA) is 83.6 Å². The van der Waals surface area contributed by atoms with Crippen molar-refractivity contribution < 1.29 is 4.79 Å². The number of pyridine rings is 1. The zero-order valence-corrected chi connectivity index (χ0v) is 11.4. The van der Waals surface area contributed by atoms with E-state index in [0.717, 1.165) is 29.9 Å². The van der Waals surface area contributed by atoms with E-state index in [-0.39, 0.29) is 12.3 Å². The molecule has 2 heterocycles. The van der Waals surface area contributed by atoms with E-state index in [1.165, 1.54) is 6.42 Å². The van der Waals surface area contributed by atoms with Crippen LogP contribution in [-0.4, -0.2) is 26.1 Å². The molecular weight excluding hydrogens is 254 g/mol. The van der Waals surface area contributed by atoms with Crippen LogP contribution in [0.15, 0.2) is 18.3 Å². The summed E-state index contributed by atoms with van der Waals surface area (Å²) < 4.78 is 0. The molecule has 6 nitrogen and oxygen atoms in total. The molecule has 1 saturated carbocycles. The fourth-order valence-electron chi connectivity index (χ4n) is 2.15. The van der Waals surface area contributed by atoms with Crippen LogP contribution in [0.1, 0.15) is 42.3 Å². The number of amides is 1. The van der Waals surface area contributed by atoms with Crippen molar-refractivity contribution in [2.45, 2.75) is 38.5 Å². The normalized spacial score (nSPS) is 14.8.